The van der Waals surface area contributed by atoms with Crippen LogP contribution in [0, 0.1) is 11.6 Å². The van der Waals surface area contributed by atoms with Gasteiger partial charge in [-0.15, -0.1) is 0 Å². The molecule has 0 aliphatic carbocycles. The summed E-state index contributed by atoms with van der Waals surface area (Å²) in [6, 6.07) is 9.32. The molecule has 2 N–H and O–H groups in total. The maximum Gasteiger partial charge on any atom is 0.409 e. The number of anilines is 2. The molecule has 0 radical (unpaired) electrons. The van der Waals surface area contributed by atoms with Gasteiger partial charge in [-0.1, -0.05) is 0 Å². The number of carbonyl (C=O) groups is 2. The Labute approximate surface area is 180 Å². The Morgan fingerprint density at radius 3 is 2.32 bits per heavy atom. The molecule has 2 aromatic carbocycles. The summed E-state index contributed by atoms with van der Waals surface area (Å²) in [6.07, 6.45) is 1.25. The number of likely N-dealkylation sites (tertiary alicyclic amines) is 1. The first-order valence-electron chi connectivity index (χ1n) is 10.00. The normalized spacial score (nSPS) is 14.7. The first kappa shape index (κ1) is 22.5. The third-order valence-corrected chi connectivity index (χ3v) is 5.29. The van der Waals surface area contributed by atoms with Crippen LogP contribution in [0.3, 0.4) is 0 Å². The largest absolute Gasteiger partial charge is 0.453 e. The van der Waals surface area contributed by atoms with Crippen LogP contribution in [-0.4, -0.2) is 55.2 Å². The summed E-state index contributed by atoms with van der Waals surface area (Å²) in [5.41, 5.74) is 1.49. The zero-order chi connectivity index (χ0) is 22.4. The molecule has 166 valence electrons. The Balaban J connectivity index is 1.55. The third kappa shape index (κ3) is 6.39. The van der Waals surface area contributed by atoms with Crippen molar-refractivity contribution in [2.45, 2.75) is 25.4 Å². The lowest BCUT2D eigenvalue weighted by Crippen LogP contribution is -2.45. The highest BCUT2D eigenvalue weighted by molar-refractivity contribution is 5.99. The van der Waals surface area contributed by atoms with E-state index in [1.54, 1.807) is 18.0 Å². The van der Waals surface area contributed by atoms with Crippen molar-refractivity contribution < 1.29 is 23.1 Å². The molecule has 2 aromatic rings. The van der Waals surface area contributed by atoms with Gasteiger partial charge in [0.15, 0.2) is 0 Å². The molecule has 1 aliphatic heterocycles. The second-order valence-corrected chi connectivity index (χ2v) is 7.52. The van der Waals surface area contributed by atoms with Crippen LogP contribution in [0.5, 0.6) is 0 Å². The highest BCUT2D eigenvalue weighted by Crippen LogP contribution is 2.21. The number of rotatable bonds is 5. The van der Waals surface area contributed by atoms with Gasteiger partial charge in [-0.05, 0) is 60.9 Å². The number of piperidine rings is 1. The van der Waals surface area contributed by atoms with E-state index >= 15 is 0 Å². The van der Waals surface area contributed by atoms with E-state index in [0.29, 0.717) is 17.9 Å². The fourth-order valence-corrected chi connectivity index (χ4v) is 3.66. The Morgan fingerprint density at radius 1 is 1.03 bits per heavy atom. The Morgan fingerprint density at radius 2 is 1.68 bits per heavy atom. The standard InChI is InChI=1S/C22H26F2N4O3/c1-27(22(30)31-2)20-7-9-28(10-8-20)14-15-11-17(24)13-19(12-15)26-21(29)25-18-5-3-16(23)4-6-18/h3-6,11-13,20H,7-10,14H2,1-2H3,(H2,25,26,29). The average molecular weight is 432 g/mol. The summed E-state index contributed by atoms with van der Waals surface area (Å²) in [5, 5.41) is 5.18. The molecule has 0 aromatic heterocycles. The van der Waals surface area contributed by atoms with E-state index in [9.17, 15) is 18.4 Å². The SMILES string of the molecule is COC(=O)N(C)C1CCN(Cc2cc(F)cc(NC(=O)Nc3ccc(F)cc3)c2)CC1. The van der Waals surface area contributed by atoms with Gasteiger partial charge in [0.1, 0.15) is 11.6 Å². The highest BCUT2D eigenvalue weighted by Gasteiger charge is 2.25. The number of nitrogens with zero attached hydrogens (tertiary/aromatic N) is 2. The van der Waals surface area contributed by atoms with E-state index < -0.39 is 17.7 Å². The number of amides is 3. The number of carbonyl (C=O) groups excluding carboxylic acids is 2. The van der Waals surface area contributed by atoms with E-state index in [1.165, 1.54) is 43.5 Å². The second kappa shape index (κ2) is 10.2. The van der Waals surface area contributed by atoms with Gasteiger partial charge in [0.25, 0.3) is 0 Å². The summed E-state index contributed by atoms with van der Waals surface area (Å²) in [5.74, 6) is -0.850. The zero-order valence-corrected chi connectivity index (χ0v) is 17.5. The number of hydrogen-bond acceptors (Lipinski definition) is 4. The molecule has 0 bridgehead atoms. The van der Waals surface area contributed by atoms with Gasteiger partial charge in [-0.25, -0.2) is 18.4 Å². The maximum atomic E-state index is 14.1. The molecule has 0 unspecified atom stereocenters. The van der Waals surface area contributed by atoms with E-state index in [2.05, 4.69) is 15.5 Å². The summed E-state index contributed by atoms with van der Waals surface area (Å²) in [7, 11) is 3.09. The Kier molecular flexibility index (Phi) is 7.41. The minimum atomic E-state index is -0.546. The summed E-state index contributed by atoms with van der Waals surface area (Å²) >= 11 is 0. The van der Waals surface area contributed by atoms with E-state index in [0.717, 1.165) is 31.5 Å². The minimum Gasteiger partial charge on any atom is -0.453 e. The first-order chi connectivity index (χ1) is 14.8. The minimum absolute atomic E-state index is 0.114. The van der Waals surface area contributed by atoms with E-state index in [4.69, 9.17) is 4.74 Å². The summed E-state index contributed by atoms with van der Waals surface area (Å²) in [4.78, 5) is 27.6. The molecular formula is C22H26F2N4O3. The van der Waals surface area contributed by atoms with Crippen molar-refractivity contribution in [2.24, 2.45) is 0 Å². The topological polar surface area (TPSA) is 73.9 Å². The van der Waals surface area contributed by atoms with Crippen LogP contribution < -0.4 is 10.6 Å². The van der Waals surface area contributed by atoms with Crippen LogP contribution >= 0.6 is 0 Å². The molecule has 1 saturated heterocycles. The zero-order valence-electron chi connectivity index (χ0n) is 17.5. The molecule has 3 rings (SSSR count). The van der Waals surface area contributed by atoms with E-state index in [1.807, 2.05) is 0 Å². The van der Waals surface area contributed by atoms with Gasteiger partial charge >= 0.3 is 12.1 Å². The lowest BCUT2D eigenvalue weighted by molar-refractivity contribution is 0.0896. The molecule has 3 amide bonds. The van der Waals surface area contributed by atoms with Crippen LogP contribution in [0.25, 0.3) is 0 Å². The van der Waals surface area contributed by atoms with Gasteiger partial charge in [0.2, 0.25) is 0 Å². The Bertz CT molecular complexity index is 915. The lowest BCUT2D eigenvalue weighted by Gasteiger charge is -2.36. The second-order valence-electron chi connectivity index (χ2n) is 7.52. The van der Waals surface area contributed by atoms with Crippen LogP contribution in [0.4, 0.5) is 29.7 Å². The lowest BCUT2D eigenvalue weighted by atomic mass is 10.0. The van der Waals surface area contributed by atoms with Crippen molar-refractivity contribution in [3.05, 3.63) is 59.7 Å². The van der Waals surface area contributed by atoms with Gasteiger partial charge < -0.3 is 20.3 Å². The summed E-state index contributed by atoms with van der Waals surface area (Å²) in [6.45, 7) is 2.05. The molecule has 1 aliphatic rings. The molecule has 0 atom stereocenters. The molecule has 1 heterocycles. The van der Waals surface area contributed by atoms with Gasteiger partial charge in [-0.2, -0.15) is 0 Å². The molecule has 7 nitrogen and oxygen atoms in total. The van der Waals surface area contributed by atoms with Crippen molar-refractivity contribution in [1.82, 2.24) is 9.80 Å². The van der Waals surface area contributed by atoms with E-state index in [-0.39, 0.29) is 12.1 Å². The number of ether oxygens (including phenoxy) is 1. The number of nitrogens with one attached hydrogen (secondary N) is 2. The number of urea groups is 1. The quantitative estimate of drug-likeness (QED) is 0.740. The molecule has 31 heavy (non-hydrogen) atoms. The van der Waals surface area contributed by atoms with Crippen LogP contribution in [-0.2, 0) is 11.3 Å². The van der Waals surface area contributed by atoms with Crippen LogP contribution in [0.15, 0.2) is 42.5 Å². The van der Waals surface area contributed by atoms with Gasteiger partial charge in [0.05, 0.1) is 7.11 Å². The number of benzene rings is 2. The van der Waals surface area contributed by atoms with Gasteiger partial charge in [-0.3, -0.25) is 4.90 Å². The predicted octanol–water partition coefficient (Wildman–Crippen LogP) is 4.27. The maximum absolute atomic E-state index is 14.1. The molecule has 0 saturated carbocycles. The average Bonchev–Trinajstić information content (AvgIpc) is 2.74. The smallest absolute Gasteiger partial charge is 0.409 e. The fraction of sp³-hybridized carbons (Fsp3) is 0.364. The van der Waals surface area contributed by atoms with Gasteiger partial charge in [0, 0.05) is 44.1 Å². The fourth-order valence-electron chi connectivity index (χ4n) is 3.66. The van der Waals surface area contributed by atoms with Crippen molar-refractivity contribution in [3.8, 4) is 0 Å². The third-order valence-electron chi connectivity index (χ3n) is 5.29. The first-order valence-corrected chi connectivity index (χ1v) is 10.00. The van der Waals surface area contributed by atoms with Crippen molar-refractivity contribution >= 4 is 23.5 Å². The molecule has 9 heteroatoms. The highest BCUT2D eigenvalue weighted by atomic mass is 19.1. The summed E-state index contributed by atoms with van der Waals surface area (Å²) < 4.78 is 31.8. The van der Waals surface area contributed by atoms with Crippen LogP contribution in [0.2, 0.25) is 0 Å². The number of methoxy groups -OCH3 is 1. The number of hydrogen-bond donors (Lipinski definition) is 2. The van der Waals surface area contributed by atoms with Crippen molar-refractivity contribution in [3.63, 3.8) is 0 Å². The number of halogens is 2. The van der Waals surface area contributed by atoms with Crippen molar-refractivity contribution in [2.75, 3.05) is 37.9 Å². The Hall–Kier alpha value is -3.20. The molecular weight excluding hydrogens is 406 g/mol. The monoisotopic (exact) mass is 432 g/mol. The molecule has 1 fully saturated rings. The molecule has 0 spiro atoms. The van der Waals surface area contributed by atoms with Crippen LogP contribution in [0.1, 0.15) is 18.4 Å². The predicted molar refractivity (Wildman–Crippen MR) is 114 cm³/mol. The van der Waals surface area contributed by atoms with Crippen molar-refractivity contribution in [1.29, 1.82) is 0 Å².